The van der Waals surface area contributed by atoms with E-state index >= 15 is 0 Å². The molecule has 0 radical (unpaired) electrons. The van der Waals surface area contributed by atoms with Gasteiger partial charge in [0.25, 0.3) is 0 Å². The summed E-state index contributed by atoms with van der Waals surface area (Å²) in [7, 11) is 0. The van der Waals surface area contributed by atoms with Gasteiger partial charge in [-0.1, -0.05) is 5.16 Å². The summed E-state index contributed by atoms with van der Waals surface area (Å²) in [5, 5.41) is 9.60. The first kappa shape index (κ1) is 13.1. The van der Waals surface area contributed by atoms with E-state index in [4.69, 9.17) is 4.52 Å². The molecule has 0 aromatic carbocycles. The fourth-order valence-corrected chi connectivity index (χ4v) is 3.12. The zero-order valence-corrected chi connectivity index (χ0v) is 12.0. The van der Waals surface area contributed by atoms with Gasteiger partial charge in [0, 0.05) is 37.2 Å². The van der Waals surface area contributed by atoms with E-state index in [0.29, 0.717) is 11.8 Å². The van der Waals surface area contributed by atoms with Crippen molar-refractivity contribution in [2.24, 2.45) is 5.92 Å². The molecule has 0 aliphatic carbocycles. The second kappa shape index (κ2) is 5.62. The SMILES string of the molecule is Cc1cc(NC(=O)N2CCC(Cc3nccs3)C2)on1. The highest BCUT2D eigenvalue weighted by Crippen LogP contribution is 2.22. The second-order valence-electron chi connectivity index (χ2n) is 4.99. The third kappa shape index (κ3) is 2.98. The number of thiazole rings is 1. The van der Waals surface area contributed by atoms with Gasteiger partial charge in [-0.2, -0.15) is 0 Å². The van der Waals surface area contributed by atoms with Gasteiger partial charge in [0.15, 0.2) is 0 Å². The molecule has 1 fully saturated rings. The minimum atomic E-state index is -0.122. The average molecular weight is 292 g/mol. The number of anilines is 1. The number of amides is 2. The van der Waals surface area contributed by atoms with Gasteiger partial charge in [-0.15, -0.1) is 11.3 Å². The Labute approximate surface area is 120 Å². The zero-order chi connectivity index (χ0) is 13.9. The van der Waals surface area contributed by atoms with Crippen molar-refractivity contribution in [2.45, 2.75) is 19.8 Å². The van der Waals surface area contributed by atoms with Crippen LogP contribution in [0.15, 0.2) is 22.2 Å². The number of rotatable bonds is 3. The first-order valence-corrected chi connectivity index (χ1v) is 7.46. The summed E-state index contributed by atoms with van der Waals surface area (Å²) < 4.78 is 4.99. The Balaban J connectivity index is 1.52. The summed E-state index contributed by atoms with van der Waals surface area (Å²) in [5.41, 5.74) is 0.753. The molecule has 1 unspecified atom stereocenters. The van der Waals surface area contributed by atoms with Crippen LogP contribution in [0.3, 0.4) is 0 Å². The largest absolute Gasteiger partial charge is 0.338 e. The van der Waals surface area contributed by atoms with Gasteiger partial charge in [-0.05, 0) is 19.3 Å². The third-order valence-corrected chi connectivity index (χ3v) is 4.18. The highest BCUT2D eigenvalue weighted by molar-refractivity contribution is 7.09. The van der Waals surface area contributed by atoms with Crippen molar-refractivity contribution in [1.29, 1.82) is 0 Å². The van der Waals surface area contributed by atoms with E-state index in [-0.39, 0.29) is 6.03 Å². The number of nitrogens with one attached hydrogen (secondary N) is 1. The molecular weight excluding hydrogens is 276 g/mol. The normalized spacial score (nSPS) is 18.4. The van der Waals surface area contributed by atoms with Crippen molar-refractivity contribution in [2.75, 3.05) is 18.4 Å². The third-order valence-electron chi connectivity index (χ3n) is 3.38. The summed E-state index contributed by atoms with van der Waals surface area (Å²) in [6.45, 7) is 3.35. The molecule has 106 valence electrons. The monoisotopic (exact) mass is 292 g/mol. The molecule has 2 aromatic rings. The number of hydrogen-bond donors (Lipinski definition) is 1. The summed E-state index contributed by atoms with van der Waals surface area (Å²) >= 11 is 1.67. The molecule has 0 bridgehead atoms. The summed E-state index contributed by atoms with van der Waals surface area (Å²) in [6.07, 6.45) is 3.79. The van der Waals surface area contributed by atoms with Crippen LogP contribution >= 0.6 is 11.3 Å². The molecule has 0 spiro atoms. The number of likely N-dealkylation sites (tertiary alicyclic amines) is 1. The molecule has 1 aliphatic heterocycles. The lowest BCUT2D eigenvalue weighted by Crippen LogP contribution is -2.33. The van der Waals surface area contributed by atoms with Crippen LogP contribution < -0.4 is 5.32 Å². The molecule has 2 aromatic heterocycles. The molecule has 1 saturated heterocycles. The van der Waals surface area contributed by atoms with Gasteiger partial charge in [-0.25, -0.2) is 9.78 Å². The molecule has 3 heterocycles. The van der Waals surface area contributed by atoms with Gasteiger partial charge >= 0.3 is 6.03 Å². The van der Waals surface area contributed by atoms with E-state index in [2.05, 4.69) is 15.5 Å². The van der Waals surface area contributed by atoms with Crippen LogP contribution in [-0.2, 0) is 6.42 Å². The topological polar surface area (TPSA) is 71.3 Å². The Morgan fingerprint density at radius 2 is 2.55 bits per heavy atom. The number of aryl methyl sites for hydroxylation is 1. The Hall–Kier alpha value is -1.89. The van der Waals surface area contributed by atoms with Crippen molar-refractivity contribution in [3.8, 4) is 0 Å². The molecule has 1 aliphatic rings. The maximum absolute atomic E-state index is 12.1. The van der Waals surface area contributed by atoms with E-state index < -0.39 is 0 Å². The molecule has 1 N–H and O–H groups in total. The number of carbonyl (C=O) groups excluding carboxylic acids is 1. The standard InChI is InChI=1S/C13H16N4O2S/c1-9-6-11(19-16-9)15-13(18)17-4-2-10(8-17)7-12-14-3-5-20-12/h3,5-6,10H,2,4,7-8H2,1H3,(H,15,18). The molecule has 0 saturated carbocycles. The van der Waals surface area contributed by atoms with Gasteiger partial charge in [0.2, 0.25) is 5.88 Å². The van der Waals surface area contributed by atoms with E-state index in [0.717, 1.165) is 36.6 Å². The Morgan fingerprint density at radius 1 is 1.65 bits per heavy atom. The van der Waals surface area contributed by atoms with E-state index in [1.165, 1.54) is 0 Å². The predicted octanol–water partition coefficient (Wildman–Crippen LogP) is 2.54. The van der Waals surface area contributed by atoms with Crippen molar-refractivity contribution in [3.63, 3.8) is 0 Å². The zero-order valence-electron chi connectivity index (χ0n) is 11.2. The summed E-state index contributed by atoms with van der Waals surface area (Å²) in [5.74, 6) is 0.888. The first-order valence-electron chi connectivity index (χ1n) is 6.58. The Kier molecular flexibility index (Phi) is 3.68. The molecule has 6 nitrogen and oxygen atoms in total. The van der Waals surface area contributed by atoms with Crippen LogP contribution in [0.2, 0.25) is 0 Å². The minimum Gasteiger partial charge on any atom is -0.338 e. The first-order chi connectivity index (χ1) is 9.70. The molecule has 20 heavy (non-hydrogen) atoms. The fourth-order valence-electron chi connectivity index (χ4n) is 2.39. The Morgan fingerprint density at radius 3 is 3.25 bits per heavy atom. The van der Waals surface area contributed by atoms with Crippen LogP contribution in [0.5, 0.6) is 0 Å². The smallest absolute Gasteiger partial charge is 0.324 e. The number of carbonyl (C=O) groups is 1. The van der Waals surface area contributed by atoms with Crippen LogP contribution in [0, 0.1) is 12.8 Å². The van der Waals surface area contributed by atoms with Crippen molar-refractivity contribution < 1.29 is 9.32 Å². The van der Waals surface area contributed by atoms with Gasteiger partial charge < -0.3 is 9.42 Å². The number of urea groups is 1. The van der Waals surface area contributed by atoms with Crippen LogP contribution in [-0.4, -0.2) is 34.2 Å². The minimum absolute atomic E-state index is 0.122. The van der Waals surface area contributed by atoms with Gasteiger partial charge in [0.05, 0.1) is 10.7 Å². The predicted molar refractivity (Wildman–Crippen MR) is 75.8 cm³/mol. The average Bonchev–Trinajstić information content (AvgIpc) is 3.12. The molecular formula is C13H16N4O2S. The van der Waals surface area contributed by atoms with Crippen molar-refractivity contribution in [3.05, 3.63) is 28.3 Å². The lowest BCUT2D eigenvalue weighted by Gasteiger charge is -2.15. The maximum atomic E-state index is 12.1. The molecule has 2 amide bonds. The lowest BCUT2D eigenvalue weighted by molar-refractivity contribution is 0.220. The van der Waals surface area contributed by atoms with E-state index in [9.17, 15) is 4.79 Å². The van der Waals surface area contributed by atoms with Gasteiger partial charge in [-0.3, -0.25) is 5.32 Å². The molecule has 7 heteroatoms. The maximum Gasteiger partial charge on any atom is 0.324 e. The van der Waals surface area contributed by atoms with E-state index in [1.807, 2.05) is 23.4 Å². The molecule has 3 rings (SSSR count). The van der Waals surface area contributed by atoms with Crippen molar-refractivity contribution >= 4 is 23.3 Å². The summed E-state index contributed by atoms with van der Waals surface area (Å²) in [4.78, 5) is 18.2. The van der Waals surface area contributed by atoms with Crippen molar-refractivity contribution in [1.82, 2.24) is 15.0 Å². The van der Waals surface area contributed by atoms with Crippen LogP contribution in [0.25, 0.3) is 0 Å². The highest BCUT2D eigenvalue weighted by Gasteiger charge is 2.27. The lowest BCUT2D eigenvalue weighted by atomic mass is 10.1. The number of nitrogens with zero attached hydrogens (tertiary/aromatic N) is 3. The van der Waals surface area contributed by atoms with Crippen LogP contribution in [0.1, 0.15) is 17.1 Å². The van der Waals surface area contributed by atoms with Crippen LogP contribution in [0.4, 0.5) is 10.7 Å². The quantitative estimate of drug-likeness (QED) is 0.943. The van der Waals surface area contributed by atoms with Gasteiger partial charge in [0.1, 0.15) is 0 Å². The molecule has 1 atom stereocenters. The fraction of sp³-hybridized carbons (Fsp3) is 0.462. The summed E-state index contributed by atoms with van der Waals surface area (Å²) in [6, 6.07) is 1.59. The second-order valence-corrected chi connectivity index (χ2v) is 5.97. The Bertz CT molecular complexity index is 581. The van der Waals surface area contributed by atoms with E-state index in [1.54, 1.807) is 17.4 Å². The number of aromatic nitrogens is 2. The highest BCUT2D eigenvalue weighted by atomic mass is 32.1. The number of hydrogen-bond acceptors (Lipinski definition) is 5.